The molecule has 0 heterocycles. The van der Waals surface area contributed by atoms with Crippen LogP contribution in [0.2, 0.25) is 5.02 Å². The van der Waals surface area contributed by atoms with Crippen LogP contribution in [0.15, 0.2) is 23.2 Å². The lowest BCUT2D eigenvalue weighted by Crippen LogP contribution is -2.20. The van der Waals surface area contributed by atoms with Crippen LogP contribution in [0.25, 0.3) is 0 Å². The number of benzene rings is 1. The molecule has 1 aromatic rings. The highest BCUT2D eigenvalue weighted by atomic mass is 35.5. The van der Waals surface area contributed by atoms with E-state index < -0.39 is 0 Å². The third-order valence-electron chi connectivity index (χ3n) is 3.17. The molecule has 0 aliphatic heterocycles. The van der Waals surface area contributed by atoms with Crippen molar-refractivity contribution in [3.63, 3.8) is 0 Å². The van der Waals surface area contributed by atoms with Crippen LogP contribution in [0, 0.1) is 5.92 Å². The topological polar surface area (TPSA) is 47.6 Å². The summed E-state index contributed by atoms with van der Waals surface area (Å²) in [7, 11) is 1.59. The molecule has 1 fully saturated rings. The van der Waals surface area contributed by atoms with E-state index in [1.807, 2.05) is 12.1 Å². The van der Waals surface area contributed by atoms with Crippen LogP contribution in [0.5, 0.6) is 5.75 Å². The molecule has 2 rings (SSSR count). The summed E-state index contributed by atoms with van der Waals surface area (Å²) in [5.74, 6) is 1.82. The highest BCUT2D eigenvalue weighted by Gasteiger charge is 2.18. The zero-order chi connectivity index (χ0) is 12.3. The molecule has 17 heavy (non-hydrogen) atoms. The predicted octanol–water partition coefficient (Wildman–Crippen LogP) is 3.53. The highest BCUT2D eigenvalue weighted by Crippen LogP contribution is 2.30. The SMILES string of the molecule is COc1ccc(N=C(N)C2CCCC2)cc1Cl. The molecule has 0 unspecified atom stereocenters. The van der Waals surface area contributed by atoms with Gasteiger partial charge in [0.2, 0.25) is 0 Å². The van der Waals surface area contributed by atoms with E-state index >= 15 is 0 Å². The van der Waals surface area contributed by atoms with Crippen molar-refractivity contribution < 1.29 is 4.74 Å². The lowest BCUT2D eigenvalue weighted by molar-refractivity contribution is 0.415. The first kappa shape index (κ1) is 12.2. The van der Waals surface area contributed by atoms with E-state index in [-0.39, 0.29) is 0 Å². The standard InChI is InChI=1S/C13H17ClN2O/c1-17-12-7-6-10(8-11(12)14)16-13(15)9-4-2-3-5-9/h6-9H,2-5H2,1H3,(H2,15,16). The number of hydrogen-bond donors (Lipinski definition) is 1. The van der Waals surface area contributed by atoms with Crippen LogP contribution in [0.3, 0.4) is 0 Å². The molecule has 0 radical (unpaired) electrons. The van der Waals surface area contributed by atoms with Crippen LogP contribution in [-0.4, -0.2) is 12.9 Å². The van der Waals surface area contributed by atoms with Gasteiger partial charge in [-0.3, -0.25) is 0 Å². The second-order valence-corrected chi connectivity index (χ2v) is 4.74. The summed E-state index contributed by atoms with van der Waals surface area (Å²) in [6.07, 6.45) is 4.81. The van der Waals surface area contributed by atoms with Crippen LogP contribution in [0.4, 0.5) is 5.69 Å². The lowest BCUT2D eigenvalue weighted by atomic mass is 10.1. The van der Waals surface area contributed by atoms with Gasteiger partial charge in [0.1, 0.15) is 11.6 Å². The average molecular weight is 253 g/mol. The fourth-order valence-electron chi connectivity index (χ4n) is 2.19. The van der Waals surface area contributed by atoms with Gasteiger partial charge in [-0.25, -0.2) is 4.99 Å². The third-order valence-corrected chi connectivity index (χ3v) is 3.46. The largest absolute Gasteiger partial charge is 0.495 e. The van der Waals surface area contributed by atoms with Gasteiger partial charge in [0.25, 0.3) is 0 Å². The number of aliphatic imine (C=N–C) groups is 1. The summed E-state index contributed by atoms with van der Waals surface area (Å²) < 4.78 is 5.09. The number of hydrogen-bond acceptors (Lipinski definition) is 2. The molecule has 0 bridgehead atoms. The van der Waals surface area contributed by atoms with Crippen molar-refractivity contribution in [2.24, 2.45) is 16.6 Å². The molecule has 4 heteroatoms. The number of amidine groups is 1. The molecule has 1 aliphatic rings. The molecular formula is C13H17ClN2O. The Labute approximate surface area is 107 Å². The summed E-state index contributed by atoms with van der Waals surface area (Å²) in [5, 5.41) is 0.563. The van der Waals surface area contributed by atoms with Gasteiger partial charge < -0.3 is 10.5 Å². The monoisotopic (exact) mass is 252 g/mol. The predicted molar refractivity (Wildman–Crippen MR) is 71.2 cm³/mol. The second kappa shape index (κ2) is 5.41. The Morgan fingerprint density at radius 2 is 2.12 bits per heavy atom. The first-order valence-electron chi connectivity index (χ1n) is 5.88. The summed E-state index contributed by atoms with van der Waals surface area (Å²) in [6.45, 7) is 0. The molecule has 1 aliphatic carbocycles. The Morgan fingerprint density at radius 3 is 2.71 bits per heavy atom. The first-order chi connectivity index (χ1) is 8.20. The molecule has 92 valence electrons. The van der Waals surface area contributed by atoms with E-state index in [1.165, 1.54) is 12.8 Å². The molecule has 1 saturated carbocycles. The number of nitrogens with zero attached hydrogens (tertiary/aromatic N) is 1. The zero-order valence-corrected chi connectivity index (χ0v) is 10.7. The van der Waals surface area contributed by atoms with Crippen molar-refractivity contribution in [1.29, 1.82) is 0 Å². The number of methoxy groups -OCH3 is 1. The summed E-state index contributed by atoms with van der Waals surface area (Å²) in [5.41, 5.74) is 6.80. The Bertz CT molecular complexity index is 425. The van der Waals surface area contributed by atoms with Gasteiger partial charge in [-0.15, -0.1) is 0 Å². The maximum atomic E-state index is 6.04. The van der Waals surface area contributed by atoms with Crippen molar-refractivity contribution >= 4 is 23.1 Å². The number of ether oxygens (including phenoxy) is 1. The van der Waals surface area contributed by atoms with Crippen LogP contribution < -0.4 is 10.5 Å². The number of rotatable bonds is 3. The van der Waals surface area contributed by atoms with E-state index in [0.29, 0.717) is 16.7 Å². The van der Waals surface area contributed by atoms with Gasteiger partial charge in [0, 0.05) is 5.92 Å². The number of nitrogens with two attached hydrogens (primary N) is 1. The highest BCUT2D eigenvalue weighted by molar-refractivity contribution is 6.32. The smallest absolute Gasteiger partial charge is 0.137 e. The van der Waals surface area contributed by atoms with E-state index in [2.05, 4.69) is 4.99 Å². The molecular weight excluding hydrogens is 236 g/mol. The average Bonchev–Trinajstić information content (AvgIpc) is 2.82. The molecule has 0 amide bonds. The lowest BCUT2D eigenvalue weighted by Gasteiger charge is -2.08. The molecule has 0 aromatic heterocycles. The van der Waals surface area contributed by atoms with Crippen LogP contribution in [-0.2, 0) is 0 Å². The molecule has 2 N–H and O–H groups in total. The fourth-order valence-corrected chi connectivity index (χ4v) is 2.44. The summed E-state index contributed by atoms with van der Waals surface area (Å²) in [6, 6.07) is 5.46. The van der Waals surface area contributed by atoms with Gasteiger partial charge in [0.05, 0.1) is 17.8 Å². The van der Waals surface area contributed by atoms with Crippen LogP contribution >= 0.6 is 11.6 Å². The molecule has 0 spiro atoms. The Kier molecular flexibility index (Phi) is 3.89. The third kappa shape index (κ3) is 2.91. The van der Waals surface area contributed by atoms with Gasteiger partial charge >= 0.3 is 0 Å². The summed E-state index contributed by atoms with van der Waals surface area (Å²) in [4.78, 5) is 4.43. The Hall–Kier alpha value is -1.22. The van der Waals surface area contributed by atoms with Crippen molar-refractivity contribution in [2.45, 2.75) is 25.7 Å². The minimum Gasteiger partial charge on any atom is -0.495 e. The fraction of sp³-hybridized carbons (Fsp3) is 0.462. The Morgan fingerprint density at radius 1 is 1.41 bits per heavy atom. The van der Waals surface area contributed by atoms with Crippen LogP contribution in [0.1, 0.15) is 25.7 Å². The minimum atomic E-state index is 0.441. The molecule has 3 nitrogen and oxygen atoms in total. The zero-order valence-electron chi connectivity index (χ0n) is 9.95. The second-order valence-electron chi connectivity index (χ2n) is 4.34. The molecule has 1 aromatic carbocycles. The van der Waals surface area contributed by atoms with Gasteiger partial charge in [-0.2, -0.15) is 0 Å². The van der Waals surface area contributed by atoms with Gasteiger partial charge in [-0.05, 0) is 31.0 Å². The molecule has 0 atom stereocenters. The normalized spacial score (nSPS) is 17.4. The van der Waals surface area contributed by atoms with E-state index in [4.69, 9.17) is 22.1 Å². The maximum absolute atomic E-state index is 6.04. The van der Waals surface area contributed by atoms with E-state index in [9.17, 15) is 0 Å². The number of halogens is 1. The van der Waals surface area contributed by atoms with Crippen molar-refractivity contribution in [3.8, 4) is 5.75 Å². The van der Waals surface area contributed by atoms with E-state index in [0.717, 1.165) is 24.4 Å². The van der Waals surface area contributed by atoms with E-state index in [1.54, 1.807) is 13.2 Å². The molecule has 0 saturated heterocycles. The maximum Gasteiger partial charge on any atom is 0.137 e. The quantitative estimate of drug-likeness (QED) is 0.661. The Balaban J connectivity index is 2.17. The van der Waals surface area contributed by atoms with Crippen molar-refractivity contribution in [3.05, 3.63) is 23.2 Å². The van der Waals surface area contributed by atoms with Crippen molar-refractivity contribution in [2.75, 3.05) is 7.11 Å². The van der Waals surface area contributed by atoms with Gasteiger partial charge in [-0.1, -0.05) is 24.4 Å². The summed E-state index contributed by atoms with van der Waals surface area (Å²) >= 11 is 6.04. The minimum absolute atomic E-state index is 0.441. The van der Waals surface area contributed by atoms with Crippen molar-refractivity contribution in [1.82, 2.24) is 0 Å². The van der Waals surface area contributed by atoms with Gasteiger partial charge in [0.15, 0.2) is 0 Å². The first-order valence-corrected chi connectivity index (χ1v) is 6.26.